The molecule has 8 heteroatoms. The zero-order chi connectivity index (χ0) is 27.7. The first kappa shape index (κ1) is 27.2. The van der Waals surface area contributed by atoms with E-state index in [4.69, 9.17) is 0 Å². The van der Waals surface area contributed by atoms with Crippen LogP contribution < -0.4 is 0 Å². The molecule has 3 aromatic carbocycles. The van der Waals surface area contributed by atoms with Gasteiger partial charge in [-0.3, -0.25) is 4.98 Å². The number of hydrogen-bond donors (Lipinski definition) is 0. The van der Waals surface area contributed by atoms with Crippen LogP contribution in [0, 0.1) is 11.3 Å². The molecule has 6 nitrogen and oxygen atoms in total. The molecule has 0 aliphatic carbocycles. The summed E-state index contributed by atoms with van der Waals surface area (Å²) in [6, 6.07) is 24.1. The van der Waals surface area contributed by atoms with E-state index in [1.165, 1.54) is 18.4 Å². The van der Waals surface area contributed by atoms with Gasteiger partial charge in [0.2, 0.25) is 0 Å². The third kappa shape index (κ3) is 6.18. The maximum Gasteiger partial charge on any atom is 0.175 e. The molecule has 0 spiro atoms. The Bertz CT molecular complexity index is 1810. The monoisotopic (exact) mass is 544 g/mol. The lowest BCUT2D eigenvalue weighted by molar-refractivity contribution is 0.601. The van der Waals surface area contributed by atoms with Crippen LogP contribution in [0.15, 0.2) is 83.9 Å². The molecule has 4 aromatic rings. The summed E-state index contributed by atoms with van der Waals surface area (Å²) in [7, 11) is -6.75. The van der Waals surface area contributed by atoms with Crippen molar-refractivity contribution < 1.29 is 16.8 Å². The SMILES string of the molecule is CC(C)(C#N)c1cc(-c2cccc(/C=C(/CS(C)(=O)=O)c3ccc(S(C)(=O)=O)cc3)c2)c2ncccc2c1. The van der Waals surface area contributed by atoms with Gasteiger partial charge in [-0.1, -0.05) is 42.5 Å². The van der Waals surface area contributed by atoms with Crippen LogP contribution in [0.4, 0.5) is 0 Å². The minimum absolute atomic E-state index is 0.168. The smallest absolute Gasteiger partial charge is 0.175 e. The van der Waals surface area contributed by atoms with E-state index in [1.807, 2.05) is 62.4 Å². The first-order chi connectivity index (χ1) is 17.8. The van der Waals surface area contributed by atoms with Gasteiger partial charge in [0.05, 0.1) is 27.6 Å². The normalized spacial score (nSPS) is 12.9. The molecule has 0 aliphatic heterocycles. The van der Waals surface area contributed by atoms with E-state index in [-0.39, 0.29) is 10.6 Å². The largest absolute Gasteiger partial charge is 0.256 e. The van der Waals surface area contributed by atoms with Crippen LogP contribution in [0.1, 0.15) is 30.5 Å². The highest BCUT2D eigenvalue weighted by Gasteiger charge is 2.22. The fraction of sp³-hybridized carbons (Fsp3) is 0.200. The van der Waals surface area contributed by atoms with E-state index in [0.29, 0.717) is 11.1 Å². The van der Waals surface area contributed by atoms with Crippen molar-refractivity contribution in [2.75, 3.05) is 18.3 Å². The summed E-state index contributed by atoms with van der Waals surface area (Å²) in [6.07, 6.45) is 5.84. The molecular weight excluding hydrogens is 516 g/mol. The Kier molecular flexibility index (Phi) is 7.29. The van der Waals surface area contributed by atoms with Gasteiger partial charge in [-0.2, -0.15) is 5.26 Å². The molecular formula is C30H28N2O4S2. The summed E-state index contributed by atoms with van der Waals surface area (Å²) >= 11 is 0. The number of rotatable bonds is 7. The van der Waals surface area contributed by atoms with E-state index >= 15 is 0 Å². The third-order valence-electron chi connectivity index (χ3n) is 6.32. The molecule has 38 heavy (non-hydrogen) atoms. The zero-order valence-electron chi connectivity index (χ0n) is 21.6. The Morgan fingerprint density at radius 1 is 0.947 bits per heavy atom. The minimum atomic E-state index is -3.37. The Hall–Kier alpha value is -3.80. The summed E-state index contributed by atoms with van der Waals surface area (Å²) in [5.41, 5.74) is 4.69. The molecule has 0 saturated heterocycles. The van der Waals surface area contributed by atoms with Crippen LogP contribution >= 0.6 is 0 Å². The Morgan fingerprint density at radius 2 is 1.66 bits per heavy atom. The van der Waals surface area contributed by atoms with Crippen molar-refractivity contribution in [2.45, 2.75) is 24.2 Å². The van der Waals surface area contributed by atoms with Crippen molar-refractivity contribution in [1.29, 1.82) is 5.26 Å². The van der Waals surface area contributed by atoms with Crippen LogP contribution in [0.2, 0.25) is 0 Å². The maximum absolute atomic E-state index is 12.3. The van der Waals surface area contributed by atoms with Crippen LogP contribution in [-0.2, 0) is 25.1 Å². The number of aromatic nitrogens is 1. The van der Waals surface area contributed by atoms with E-state index in [1.54, 1.807) is 24.4 Å². The predicted octanol–water partition coefficient (Wildman–Crippen LogP) is 5.69. The molecule has 0 fully saturated rings. The van der Waals surface area contributed by atoms with Crippen molar-refractivity contribution in [3.05, 3.63) is 95.7 Å². The second-order valence-corrected chi connectivity index (χ2v) is 14.2. The van der Waals surface area contributed by atoms with Crippen LogP contribution in [0.3, 0.4) is 0 Å². The molecule has 0 unspecified atom stereocenters. The Balaban J connectivity index is 1.86. The van der Waals surface area contributed by atoms with Gasteiger partial charge in [-0.25, -0.2) is 16.8 Å². The van der Waals surface area contributed by atoms with Gasteiger partial charge in [0, 0.05) is 29.7 Å². The molecule has 0 N–H and O–H groups in total. The molecule has 0 atom stereocenters. The van der Waals surface area contributed by atoms with Crippen LogP contribution in [0.5, 0.6) is 0 Å². The van der Waals surface area contributed by atoms with E-state index in [2.05, 4.69) is 11.1 Å². The summed E-state index contributed by atoms with van der Waals surface area (Å²) in [5, 5.41) is 10.7. The summed E-state index contributed by atoms with van der Waals surface area (Å²) in [4.78, 5) is 4.76. The number of hydrogen-bond acceptors (Lipinski definition) is 6. The quantitative estimate of drug-likeness (QED) is 0.277. The van der Waals surface area contributed by atoms with Gasteiger partial charge < -0.3 is 0 Å². The molecule has 0 aliphatic rings. The molecule has 0 amide bonds. The van der Waals surface area contributed by atoms with Crippen molar-refractivity contribution in [2.24, 2.45) is 0 Å². The Morgan fingerprint density at radius 3 is 2.29 bits per heavy atom. The molecule has 0 radical (unpaired) electrons. The molecule has 1 heterocycles. The van der Waals surface area contributed by atoms with Crippen molar-refractivity contribution >= 4 is 42.2 Å². The molecule has 0 saturated carbocycles. The van der Waals surface area contributed by atoms with Crippen LogP contribution in [0.25, 0.3) is 33.7 Å². The zero-order valence-corrected chi connectivity index (χ0v) is 23.3. The first-order valence-corrected chi connectivity index (χ1v) is 15.8. The lowest BCUT2D eigenvalue weighted by Crippen LogP contribution is -2.14. The van der Waals surface area contributed by atoms with E-state index in [0.717, 1.165) is 39.4 Å². The molecule has 0 bridgehead atoms. The van der Waals surface area contributed by atoms with Gasteiger partial charge in [0.15, 0.2) is 19.7 Å². The summed E-state index contributed by atoms with van der Waals surface area (Å²) in [5.74, 6) is -0.203. The summed E-state index contributed by atoms with van der Waals surface area (Å²) in [6.45, 7) is 3.75. The number of nitriles is 1. The topological polar surface area (TPSA) is 105 Å². The van der Waals surface area contributed by atoms with Gasteiger partial charge >= 0.3 is 0 Å². The number of sulfone groups is 2. The van der Waals surface area contributed by atoms with Gasteiger partial charge in [0.25, 0.3) is 0 Å². The fourth-order valence-corrected chi connectivity index (χ4v) is 5.69. The maximum atomic E-state index is 12.3. The second kappa shape index (κ2) is 10.2. The number of benzene rings is 3. The average molecular weight is 545 g/mol. The summed E-state index contributed by atoms with van der Waals surface area (Å²) < 4.78 is 48.3. The fourth-order valence-electron chi connectivity index (χ4n) is 4.24. The predicted molar refractivity (Wildman–Crippen MR) is 153 cm³/mol. The molecule has 194 valence electrons. The first-order valence-electron chi connectivity index (χ1n) is 11.9. The van der Waals surface area contributed by atoms with Crippen LogP contribution in [-0.4, -0.2) is 40.1 Å². The third-order valence-corrected chi connectivity index (χ3v) is 8.28. The molecule has 1 aromatic heterocycles. The molecule has 4 rings (SSSR count). The van der Waals surface area contributed by atoms with Gasteiger partial charge in [-0.05, 0) is 78.1 Å². The van der Waals surface area contributed by atoms with Crippen molar-refractivity contribution in [3.63, 3.8) is 0 Å². The highest BCUT2D eigenvalue weighted by molar-refractivity contribution is 7.91. The lowest BCUT2D eigenvalue weighted by atomic mass is 9.83. The Labute approximate surface area is 224 Å². The number of nitrogens with zero attached hydrogens (tertiary/aromatic N) is 2. The van der Waals surface area contributed by atoms with E-state index in [9.17, 15) is 22.1 Å². The highest BCUT2D eigenvalue weighted by atomic mass is 32.2. The van der Waals surface area contributed by atoms with Crippen molar-refractivity contribution in [3.8, 4) is 17.2 Å². The standard InChI is InChI=1S/C30H28N2O4S2/c1-30(2,20-31)26-17-24-9-6-14-32-29(24)28(18-26)23-8-5-7-21(15-23)16-25(19-37(3,33)34)22-10-12-27(13-11-22)38(4,35)36/h5-18H,19H2,1-4H3/b25-16-. The van der Waals surface area contributed by atoms with E-state index < -0.39 is 25.1 Å². The highest BCUT2D eigenvalue weighted by Crippen LogP contribution is 2.34. The van der Waals surface area contributed by atoms with Gasteiger partial charge in [0.1, 0.15) is 0 Å². The number of pyridine rings is 1. The van der Waals surface area contributed by atoms with Gasteiger partial charge in [-0.15, -0.1) is 0 Å². The average Bonchev–Trinajstić information content (AvgIpc) is 2.86. The lowest BCUT2D eigenvalue weighted by Gasteiger charge is -2.19. The second-order valence-electron chi connectivity index (χ2n) is 10.00. The number of fused-ring (bicyclic) bond motifs is 1. The minimum Gasteiger partial charge on any atom is -0.256 e. The van der Waals surface area contributed by atoms with Crippen molar-refractivity contribution in [1.82, 2.24) is 4.98 Å².